The Morgan fingerprint density at radius 2 is 1.81 bits per heavy atom. The Morgan fingerprint density at radius 1 is 1.11 bits per heavy atom. The number of carbonyl (C=O) groups excluding carboxylic acids is 4. The Morgan fingerprint density at radius 3 is 2.46 bits per heavy atom. The number of carbonyl (C=O) groups is 4. The van der Waals surface area contributed by atoms with E-state index in [0.717, 1.165) is 24.8 Å². The van der Waals surface area contributed by atoms with Crippen molar-refractivity contribution in [1.82, 2.24) is 26.2 Å². The number of amides is 4. The van der Waals surface area contributed by atoms with E-state index >= 15 is 0 Å². The number of hydrogen-bond acceptors (Lipinski definition) is 5. The molecule has 0 bridgehead atoms. The molecule has 1 heterocycles. The minimum Gasteiger partial charge on any atom is -0.352 e. The molecule has 1 saturated heterocycles. The maximum absolute atomic E-state index is 13.9. The normalized spacial score (nSPS) is 23.0. The van der Waals surface area contributed by atoms with E-state index in [1.54, 1.807) is 25.8 Å². The van der Waals surface area contributed by atoms with E-state index in [0.29, 0.717) is 12.8 Å². The van der Waals surface area contributed by atoms with E-state index in [2.05, 4.69) is 33.4 Å². The largest absolute Gasteiger partial charge is 0.352 e. The second kappa shape index (κ2) is 12.1. The molecule has 9 nitrogen and oxygen atoms in total. The molecule has 0 radical (unpaired) electrons. The van der Waals surface area contributed by atoms with Gasteiger partial charge in [0.05, 0.1) is 12.1 Å². The van der Waals surface area contributed by atoms with Crippen LogP contribution in [0.4, 0.5) is 0 Å². The number of hydrogen-bond donors (Lipinski definition) is 4. The van der Waals surface area contributed by atoms with Gasteiger partial charge in [-0.25, -0.2) is 0 Å². The third-order valence-electron chi connectivity index (χ3n) is 7.48. The summed E-state index contributed by atoms with van der Waals surface area (Å²) in [5.74, 6) is -0.957. The maximum atomic E-state index is 13.9. The number of benzene rings is 1. The highest BCUT2D eigenvalue weighted by atomic mass is 16.2. The smallest absolute Gasteiger partial charge is 0.246 e. The Labute approximate surface area is 220 Å². The van der Waals surface area contributed by atoms with Crippen LogP contribution in [-0.4, -0.2) is 66.3 Å². The predicted octanol–water partition coefficient (Wildman–Crippen LogP) is 1.81. The fraction of sp³-hybridized carbons (Fsp3) is 0.643. The number of rotatable bonds is 8. The summed E-state index contributed by atoms with van der Waals surface area (Å²) in [6.07, 6.45) is 3.45. The standard InChI is InChI=1S/C28H43N5O4/c1-7-23(34)30-19-15-22(26(36)31-21-14-10-12-18-11-8-9-13-20(18)21)33(16-19)27(37)24(28(3,4)5)32-25(35)17(2)29-6/h8-9,11,13,17,19,21-22,24,29H,7,10,12,14-16H2,1-6H3,(H,30,34)(H,31,36)(H,32,35)/t17-,19-,21+,22-,24+/m0/s1. The maximum Gasteiger partial charge on any atom is 0.246 e. The molecule has 5 atom stereocenters. The SMILES string of the molecule is CCC(=O)N[C@H]1C[C@@H](C(=O)N[C@@H]2CCCc3ccccc32)N(C(=O)[C@@H](NC(=O)[C@H](C)NC)C(C)(C)C)C1. The molecule has 9 heteroatoms. The lowest BCUT2D eigenvalue weighted by molar-refractivity contribution is -0.144. The van der Waals surface area contributed by atoms with Crippen molar-refractivity contribution >= 4 is 23.6 Å². The zero-order valence-corrected chi connectivity index (χ0v) is 23.0. The topological polar surface area (TPSA) is 120 Å². The van der Waals surface area contributed by atoms with Crippen LogP contribution in [0.1, 0.15) is 77.5 Å². The summed E-state index contributed by atoms with van der Waals surface area (Å²) in [6, 6.07) is 5.64. The number of likely N-dealkylation sites (N-methyl/N-ethyl adjacent to an activating group) is 1. The van der Waals surface area contributed by atoms with Crippen molar-refractivity contribution < 1.29 is 19.2 Å². The summed E-state index contributed by atoms with van der Waals surface area (Å²) in [5, 5.41) is 11.9. The van der Waals surface area contributed by atoms with Gasteiger partial charge >= 0.3 is 0 Å². The summed E-state index contributed by atoms with van der Waals surface area (Å²) < 4.78 is 0. The minimum atomic E-state index is -0.831. The van der Waals surface area contributed by atoms with Crippen molar-refractivity contribution in [2.45, 2.75) is 96.9 Å². The number of nitrogens with one attached hydrogen (secondary N) is 4. The monoisotopic (exact) mass is 513 g/mol. The van der Waals surface area contributed by atoms with Crippen LogP contribution in [0.2, 0.25) is 0 Å². The lowest BCUT2D eigenvalue weighted by Gasteiger charge is -2.36. The van der Waals surface area contributed by atoms with Crippen LogP contribution in [0.5, 0.6) is 0 Å². The van der Waals surface area contributed by atoms with E-state index < -0.39 is 23.5 Å². The lowest BCUT2D eigenvalue weighted by Crippen LogP contribution is -2.59. The average Bonchev–Trinajstić information content (AvgIpc) is 3.29. The molecule has 1 aliphatic heterocycles. The number of aryl methyl sites for hydroxylation is 1. The first-order valence-electron chi connectivity index (χ1n) is 13.4. The first-order chi connectivity index (χ1) is 17.5. The van der Waals surface area contributed by atoms with Crippen molar-refractivity contribution in [3.8, 4) is 0 Å². The first-order valence-corrected chi connectivity index (χ1v) is 13.4. The molecule has 1 aromatic carbocycles. The number of fused-ring (bicyclic) bond motifs is 1. The van der Waals surface area contributed by atoms with Gasteiger partial charge in [-0.15, -0.1) is 0 Å². The number of likely N-dealkylation sites (tertiary alicyclic amines) is 1. The molecular formula is C28H43N5O4. The highest BCUT2D eigenvalue weighted by Crippen LogP contribution is 2.31. The third-order valence-corrected chi connectivity index (χ3v) is 7.48. The molecule has 4 amide bonds. The molecule has 1 fully saturated rings. The minimum absolute atomic E-state index is 0.117. The van der Waals surface area contributed by atoms with Gasteiger partial charge in [-0.2, -0.15) is 0 Å². The van der Waals surface area contributed by atoms with Gasteiger partial charge in [0, 0.05) is 19.0 Å². The molecule has 37 heavy (non-hydrogen) atoms. The van der Waals surface area contributed by atoms with Gasteiger partial charge in [0.15, 0.2) is 0 Å². The van der Waals surface area contributed by atoms with Gasteiger partial charge in [-0.05, 0) is 56.2 Å². The van der Waals surface area contributed by atoms with Crippen LogP contribution in [0, 0.1) is 5.41 Å². The Balaban J connectivity index is 1.85. The van der Waals surface area contributed by atoms with E-state index in [1.165, 1.54) is 5.56 Å². The van der Waals surface area contributed by atoms with Crippen molar-refractivity contribution in [1.29, 1.82) is 0 Å². The third kappa shape index (κ3) is 6.89. The van der Waals surface area contributed by atoms with Crippen LogP contribution >= 0.6 is 0 Å². The van der Waals surface area contributed by atoms with E-state index in [9.17, 15) is 19.2 Å². The summed E-state index contributed by atoms with van der Waals surface area (Å²) in [7, 11) is 1.68. The predicted molar refractivity (Wildman–Crippen MR) is 143 cm³/mol. The lowest BCUT2D eigenvalue weighted by atomic mass is 9.85. The fourth-order valence-electron chi connectivity index (χ4n) is 5.15. The molecule has 2 aliphatic rings. The van der Waals surface area contributed by atoms with E-state index in [1.807, 2.05) is 32.9 Å². The highest BCUT2D eigenvalue weighted by Gasteiger charge is 2.45. The van der Waals surface area contributed by atoms with Crippen LogP contribution < -0.4 is 21.3 Å². The molecule has 1 aliphatic carbocycles. The summed E-state index contributed by atoms with van der Waals surface area (Å²) in [6.45, 7) is 9.38. The van der Waals surface area contributed by atoms with E-state index in [4.69, 9.17) is 0 Å². The molecule has 1 aromatic rings. The Bertz CT molecular complexity index is 1000. The molecule has 0 saturated carbocycles. The van der Waals surface area contributed by atoms with Gasteiger partial charge in [0.2, 0.25) is 23.6 Å². The Hall–Kier alpha value is -2.94. The highest BCUT2D eigenvalue weighted by molar-refractivity contribution is 5.94. The van der Waals surface area contributed by atoms with Gasteiger partial charge in [-0.1, -0.05) is 52.0 Å². The van der Waals surface area contributed by atoms with Gasteiger partial charge < -0.3 is 26.2 Å². The Kier molecular flexibility index (Phi) is 9.34. The molecule has 0 spiro atoms. The van der Waals surface area contributed by atoms with E-state index in [-0.39, 0.29) is 42.3 Å². The van der Waals surface area contributed by atoms with Gasteiger partial charge in [-0.3, -0.25) is 19.2 Å². The molecule has 3 rings (SSSR count). The second-order valence-electron chi connectivity index (χ2n) is 11.3. The van der Waals surface area contributed by atoms with Gasteiger partial charge in [0.1, 0.15) is 12.1 Å². The van der Waals surface area contributed by atoms with Crippen LogP contribution in [0.15, 0.2) is 24.3 Å². The first kappa shape index (κ1) is 28.6. The van der Waals surface area contributed by atoms with Crippen molar-refractivity contribution in [3.63, 3.8) is 0 Å². The average molecular weight is 514 g/mol. The van der Waals surface area contributed by atoms with Crippen LogP contribution in [0.3, 0.4) is 0 Å². The second-order valence-corrected chi connectivity index (χ2v) is 11.3. The molecule has 4 N–H and O–H groups in total. The van der Waals surface area contributed by atoms with Crippen molar-refractivity contribution in [3.05, 3.63) is 35.4 Å². The van der Waals surface area contributed by atoms with Crippen LogP contribution in [0.25, 0.3) is 0 Å². The van der Waals surface area contributed by atoms with Crippen molar-refractivity contribution in [2.75, 3.05) is 13.6 Å². The zero-order chi connectivity index (χ0) is 27.3. The molecular weight excluding hydrogens is 470 g/mol. The van der Waals surface area contributed by atoms with Crippen molar-refractivity contribution in [2.24, 2.45) is 5.41 Å². The zero-order valence-electron chi connectivity index (χ0n) is 23.0. The summed E-state index contributed by atoms with van der Waals surface area (Å²) in [5.41, 5.74) is 1.77. The van der Waals surface area contributed by atoms with Crippen LogP contribution in [-0.2, 0) is 25.6 Å². The van der Waals surface area contributed by atoms with Gasteiger partial charge in [0.25, 0.3) is 0 Å². The quantitative estimate of drug-likeness (QED) is 0.423. The molecule has 0 aromatic heterocycles. The molecule has 204 valence electrons. The summed E-state index contributed by atoms with van der Waals surface area (Å²) >= 11 is 0. The fourth-order valence-corrected chi connectivity index (χ4v) is 5.15. The molecule has 0 unspecified atom stereocenters. The summed E-state index contributed by atoms with van der Waals surface area (Å²) in [4.78, 5) is 54.0. The number of nitrogens with zero attached hydrogens (tertiary/aromatic N) is 1.